The van der Waals surface area contributed by atoms with Gasteiger partial charge in [0, 0.05) is 25.3 Å². The number of hydrogen-bond acceptors (Lipinski definition) is 4. The topological polar surface area (TPSA) is 63.7 Å². The van der Waals surface area contributed by atoms with Crippen molar-refractivity contribution < 1.29 is 19.1 Å². The Morgan fingerprint density at radius 3 is 2.32 bits per heavy atom. The van der Waals surface area contributed by atoms with Crippen molar-refractivity contribution >= 4 is 23.5 Å². The molecule has 0 unspecified atom stereocenters. The number of hydrogen-bond donors (Lipinski definition) is 0. The van der Waals surface area contributed by atoms with Gasteiger partial charge in [-0.2, -0.15) is 0 Å². The number of imide groups is 1. The molecule has 1 saturated heterocycles. The molecule has 2 rings (SSSR count). The van der Waals surface area contributed by atoms with E-state index < -0.39 is 0 Å². The van der Waals surface area contributed by atoms with Crippen LogP contribution in [0.1, 0.15) is 71.1 Å². The highest BCUT2D eigenvalue weighted by Gasteiger charge is 2.30. The number of anilines is 1. The quantitative estimate of drug-likeness (QED) is 0.273. The SMILES string of the molecule is CCCCCCCCCC(=O)Oc1cccc(N2C(=O)CCC2=O)c1. The third-order valence-electron chi connectivity index (χ3n) is 4.34. The normalized spacial score (nSPS) is 14.2. The first-order valence-corrected chi connectivity index (χ1v) is 9.28. The van der Waals surface area contributed by atoms with E-state index in [9.17, 15) is 14.4 Å². The summed E-state index contributed by atoms with van der Waals surface area (Å²) in [7, 11) is 0. The Bertz CT molecular complexity index is 595. The second-order valence-electron chi connectivity index (χ2n) is 6.47. The predicted molar refractivity (Wildman–Crippen MR) is 96.4 cm³/mol. The summed E-state index contributed by atoms with van der Waals surface area (Å²) in [5.41, 5.74) is 0.466. The Hall–Kier alpha value is -2.17. The molecule has 136 valence electrons. The van der Waals surface area contributed by atoms with Crippen LogP contribution in [0.5, 0.6) is 5.75 Å². The van der Waals surface area contributed by atoms with E-state index >= 15 is 0 Å². The molecule has 0 bridgehead atoms. The maximum Gasteiger partial charge on any atom is 0.311 e. The van der Waals surface area contributed by atoms with Crippen LogP contribution in [-0.4, -0.2) is 17.8 Å². The van der Waals surface area contributed by atoms with Crippen molar-refractivity contribution in [3.05, 3.63) is 24.3 Å². The number of ether oxygens (including phenoxy) is 1. The van der Waals surface area contributed by atoms with Gasteiger partial charge < -0.3 is 4.74 Å². The van der Waals surface area contributed by atoms with Crippen molar-refractivity contribution in [2.24, 2.45) is 0 Å². The van der Waals surface area contributed by atoms with E-state index in [0.717, 1.165) is 24.2 Å². The van der Waals surface area contributed by atoms with Crippen LogP contribution in [0, 0.1) is 0 Å². The summed E-state index contributed by atoms with van der Waals surface area (Å²) < 4.78 is 5.34. The lowest BCUT2D eigenvalue weighted by atomic mass is 10.1. The molecule has 0 N–H and O–H groups in total. The van der Waals surface area contributed by atoms with Gasteiger partial charge in [-0.25, -0.2) is 0 Å². The Morgan fingerprint density at radius 2 is 1.64 bits per heavy atom. The molecular formula is C20H27NO4. The molecule has 1 fully saturated rings. The highest BCUT2D eigenvalue weighted by molar-refractivity contribution is 6.19. The summed E-state index contributed by atoms with van der Waals surface area (Å²) in [6.45, 7) is 2.19. The molecule has 0 radical (unpaired) electrons. The molecule has 1 aromatic rings. The van der Waals surface area contributed by atoms with E-state index in [-0.39, 0.29) is 30.6 Å². The molecule has 1 aromatic carbocycles. The van der Waals surface area contributed by atoms with Gasteiger partial charge in [0.2, 0.25) is 11.8 Å². The highest BCUT2D eigenvalue weighted by Crippen LogP contribution is 2.26. The van der Waals surface area contributed by atoms with Crippen LogP contribution < -0.4 is 9.64 Å². The first-order valence-electron chi connectivity index (χ1n) is 9.28. The fourth-order valence-corrected chi connectivity index (χ4v) is 2.96. The number of rotatable bonds is 10. The summed E-state index contributed by atoms with van der Waals surface area (Å²) >= 11 is 0. The summed E-state index contributed by atoms with van der Waals surface area (Å²) in [6.07, 6.45) is 8.89. The first-order chi connectivity index (χ1) is 12.1. The third-order valence-corrected chi connectivity index (χ3v) is 4.34. The summed E-state index contributed by atoms with van der Waals surface area (Å²) in [5, 5.41) is 0. The molecule has 5 heteroatoms. The molecule has 25 heavy (non-hydrogen) atoms. The second-order valence-corrected chi connectivity index (χ2v) is 6.47. The molecule has 1 aliphatic heterocycles. The average Bonchev–Trinajstić information content (AvgIpc) is 2.93. The van der Waals surface area contributed by atoms with Gasteiger partial charge in [-0.3, -0.25) is 19.3 Å². The number of benzene rings is 1. The van der Waals surface area contributed by atoms with Crippen LogP contribution in [0.4, 0.5) is 5.69 Å². The predicted octanol–water partition coefficient (Wildman–Crippen LogP) is 4.39. The van der Waals surface area contributed by atoms with Crippen LogP contribution in [0.15, 0.2) is 24.3 Å². The van der Waals surface area contributed by atoms with Gasteiger partial charge in [0.15, 0.2) is 0 Å². The van der Waals surface area contributed by atoms with Crippen LogP contribution in [0.3, 0.4) is 0 Å². The minimum atomic E-state index is -0.273. The average molecular weight is 345 g/mol. The number of unbranched alkanes of at least 4 members (excludes halogenated alkanes) is 6. The number of amides is 2. The molecule has 2 amide bonds. The molecule has 0 atom stereocenters. The Kier molecular flexibility index (Phi) is 7.64. The Balaban J connectivity index is 1.77. The molecule has 0 aromatic heterocycles. The summed E-state index contributed by atoms with van der Waals surface area (Å²) in [4.78, 5) is 36.7. The van der Waals surface area contributed by atoms with Gasteiger partial charge in [0.25, 0.3) is 0 Å². The standard InChI is InChI=1S/C20H27NO4/c1-2-3-4-5-6-7-8-12-20(24)25-17-11-9-10-16(15-17)21-18(22)13-14-19(21)23/h9-11,15H,2-8,12-14H2,1H3. The Labute approximate surface area is 149 Å². The van der Waals surface area contributed by atoms with Gasteiger partial charge in [-0.1, -0.05) is 51.5 Å². The zero-order valence-corrected chi connectivity index (χ0v) is 15.0. The van der Waals surface area contributed by atoms with Crippen molar-refractivity contribution in [1.29, 1.82) is 0 Å². The number of esters is 1. The van der Waals surface area contributed by atoms with Gasteiger partial charge in [-0.15, -0.1) is 0 Å². The minimum Gasteiger partial charge on any atom is -0.426 e. The van der Waals surface area contributed by atoms with Crippen molar-refractivity contribution in [1.82, 2.24) is 0 Å². The van der Waals surface area contributed by atoms with E-state index in [1.165, 1.54) is 25.7 Å². The van der Waals surface area contributed by atoms with Crippen molar-refractivity contribution in [2.75, 3.05) is 4.90 Å². The molecule has 0 spiro atoms. The fraction of sp³-hybridized carbons (Fsp3) is 0.550. The maximum absolute atomic E-state index is 11.9. The zero-order chi connectivity index (χ0) is 18.1. The van der Waals surface area contributed by atoms with Crippen LogP contribution >= 0.6 is 0 Å². The number of nitrogens with zero attached hydrogens (tertiary/aromatic N) is 1. The fourth-order valence-electron chi connectivity index (χ4n) is 2.96. The van der Waals surface area contributed by atoms with Crippen molar-refractivity contribution in [3.8, 4) is 5.75 Å². The van der Waals surface area contributed by atoms with Crippen molar-refractivity contribution in [2.45, 2.75) is 71.1 Å². The lowest BCUT2D eigenvalue weighted by Crippen LogP contribution is -2.28. The monoisotopic (exact) mass is 345 g/mol. The van der Waals surface area contributed by atoms with E-state index in [1.54, 1.807) is 24.3 Å². The molecule has 0 saturated carbocycles. The summed E-state index contributed by atoms with van der Waals surface area (Å²) in [6, 6.07) is 6.60. The van der Waals surface area contributed by atoms with Crippen LogP contribution in [0.25, 0.3) is 0 Å². The lowest BCUT2D eigenvalue weighted by molar-refractivity contribution is -0.134. The number of carbonyl (C=O) groups is 3. The summed E-state index contributed by atoms with van der Waals surface area (Å²) in [5.74, 6) is -0.323. The van der Waals surface area contributed by atoms with Crippen LogP contribution in [-0.2, 0) is 14.4 Å². The number of carbonyl (C=O) groups excluding carboxylic acids is 3. The lowest BCUT2D eigenvalue weighted by Gasteiger charge is -2.14. The van der Waals surface area contributed by atoms with E-state index in [4.69, 9.17) is 4.74 Å². The minimum absolute atomic E-state index is 0.212. The van der Waals surface area contributed by atoms with E-state index in [0.29, 0.717) is 17.9 Å². The molecule has 5 nitrogen and oxygen atoms in total. The molecule has 1 heterocycles. The van der Waals surface area contributed by atoms with E-state index in [2.05, 4.69) is 6.92 Å². The highest BCUT2D eigenvalue weighted by atomic mass is 16.5. The molecular weight excluding hydrogens is 318 g/mol. The van der Waals surface area contributed by atoms with Gasteiger partial charge in [0.05, 0.1) is 5.69 Å². The van der Waals surface area contributed by atoms with Crippen LogP contribution in [0.2, 0.25) is 0 Å². The Morgan fingerprint density at radius 1 is 1.00 bits per heavy atom. The molecule has 1 aliphatic rings. The van der Waals surface area contributed by atoms with Gasteiger partial charge >= 0.3 is 5.97 Å². The van der Waals surface area contributed by atoms with E-state index in [1.807, 2.05) is 0 Å². The largest absolute Gasteiger partial charge is 0.426 e. The molecule has 0 aliphatic carbocycles. The van der Waals surface area contributed by atoms with Gasteiger partial charge in [0.1, 0.15) is 5.75 Å². The third kappa shape index (κ3) is 6.00. The maximum atomic E-state index is 11.9. The first kappa shape index (κ1) is 19.2. The van der Waals surface area contributed by atoms with Crippen molar-refractivity contribution in [3.63, 3.8) is 0 Å². The smallest absolute Gasteiger partial charge is 0.311 e. The second kappa shape index (κ2) is 9.97. The van der Waals surface area contributed by atoms with Gasteiger partial charge in [-0.05, 0) is 18.6 Å². The zero-order valence-electron chi connectivity index (χ0n) is 15.0.